The third-order valence-electron chi connectivity index (χ3n) is 4.41. The van der Waals surface area contributed by atoms with E-state index in [1.165, 1.54) is 35.6 Å². The Labute approximate surface area is 169 Å². The SMILES string of the molecule is Brc1ccc(-c2cn(-c3ccc(Br)cc3)c3[n+]2CCCC3)cc1.[Br-]. The van der Waals surface area contributed by atoms with Crippen molar-refractivity contribution in [1.29, 1.82) is 0 Å². The van der Waals surface area contributed by atoms with Gasteiger partial charge in [0, 0.05) is 20.9 Å². The van der Waals surface area contributed by atoms with Crippen LogP contribution in [0.1, 0.15) is 18.7 Å². The summed E-state index contributed by atoms with van der Waals surface area (Å²) in [4.78, 5) is 0. The number of aromatic nitrogens is 2. The zero-order valence-corrected chi connectivity index (χ0v) is 17.8. The molecular formula is C19H17Br3N2. The minimum atomic E-state index is 0. The van der Waals surface area contributed by atoms with Crippen molar-refractivity contribution in [3.63, 3.8) is 0 Å². The van der Waals surface area contributed by atoms with Gasteiger partial charge in [0.1, 0.15) is 11.9 Å². The van der Waals surface area contributed by atoms with E-state index in [9.17, 15) is 0 Å². The predicted molar refractivity (Wildman–Crippen MR) is 99.7 cm³/mol. The van der Waals surface area contributed by atoms with E-state index in [1.807, 2.05) is 0 Å². The first-order chi connectivity index (χ1) is 11.2. The van der Waals surface area contributed by atoms with Gasteiger partial charge in [-0.3, -0.25) is 0 Å². The standard InChI is InChI=1S/C19H17Br2N2.BrH/c20-15-6-4-14(5-7-15)18-13-23(17-10-8-16(21)9-11-17)19-3-1-2-12-22(18)19;/h4-11,13H,1-3,12H2;1H/q+1;/p-1. The van der Waals surface area contributed by atoms with E-state index >= 15 is 0 Å². The Hall–Kier alpha value is -0.910. The molecule has 3 aromatic rings. The molecule has 0 aliphatic carbocycles. The number of hydrogen-bond acceptors (Lipinski definition) is 0. The Morgan fingerprint density at radius 2 is 1.46 bits per heavy atom. The van der Waals surface area contributed by atoms with Gasteiger partial charge in [-0.25, -0.2) is 4.57 Å². The molecule has 2 heterocycles. The summed E-state index contributed by atoms with van der Waals surface area (Å²) in [6.07, 6.45) is 5.94. The highest BCUT2D eigenvalue weighted by Crippen LogP contribution is 2.25. The molecule has 1 aromatic heterocycles. The Morgan fingerprint density at radius 3 is 2.12 bits per heavy atom. The second kappa shape index (κ2) is 7.54. The Balaban J connectivity index is 0.00000169. The molecule has 0 spiro atoms. The van der Waals surface area contributed by atoms with Crippen LogP contribution in [0.25, 0.3) is 16.9 Å². The third kappa shape index (κ3) is 3.39. The summed E-state index contributed by atoms with van der Waals surface area (Å²) in [6.45, 7) is 1.10. The molecule has 0 fully saturated rings. The van der Waals surface area contributed by atoms with Crippen molar-refractivity contribution < 1.29 is 21.5 Å². The van der Waals surface area contributed by atoms with E-state index in [0.717, 1.165) is 21.9 Å². The van der Waals surface area contributed by atoms with E-state index < -0.39 is 0 Å². The summed E-state index contributed by atoms with van der Waals surface area (Å²) in [5.41, 5.74) is 3.80. The summed E-state index contributed by atoms with van der Waals surface area (Å²) < 4.78 is 7.06. The molecule has 0 saturated heterocycles. The number of fused-ring (bicyclic) bond motifs is 1. The Bertz CT molecular complexity index is 766. The third-order valence-corrected chi connectivity index (χ3v) is 5.47. The normalized spacial score (nSPS) is 13.2. The fraction of sp³-hybridized carbons (Fsp3) is 0.211. The van der Waals surface area contributed by atoms with Gasteiger partial charge >= 0.3 is 0 Å². The van der Waals surface area contributed by atoms with Crippen LogP contribution >= 0.6 is 31.9 Å². The summed E-state index contributed by atoms with van der Waals surface area (Å²) in [5.74, 6) is 1.40. The zero-order chi connectivity index (χ0) is 15.8. The van der Waals surface area contributed by atoms with E-state index in [4.69, 9.17) is 0 Å². The van der Waals surface area contributed by atoms with Gasteiger partial charge in [0.2, 0.25) is 0 Å². The molecule has 124 valence electrons. The fourth-order valence-corrected chi connectivity index (χ4v) is 3.80. The van der Waals surface area contributed by atoms with Crippen molar-refractivity contribution in [1.82, 2.24) is 4.57 Å². The molecule has 1 aliphatic heterocycles. The maximum atomic E-state index is 3.53. The molecule has 0 atom stereocenters. The Kier molecular flexibility index (Phi) is 5.63. The van der Waals surface area contributed by atoms with E-state index in [2.05, 4.69) is 95.7 Å². The van der Waals surface area contributed by atoms with Crippen LogP contribution < -0.4 is 21.5 Å². The molecule has 0 unspecified atom stereocenters. The van der Waals surface area contributed by atoms with Crippen LogP contribution in [0, 0.1) is 0 Å². The second-order valence-corrected chi connectivity index (χ2v) is 7.72. The van der Waals surface area contributed by atoms with Gasteiger partial charge in [0.05, 0.1) is 6.54 Å². The first-order valence-electron chi connectivity index (χ1n) is 7.88. The highest BCUT2D eigenvalue weighted by Gasteiger charge is 2.27. The Morgan fingerprint density at radius 1 is 0.833 bits per heavy atom. The summed E-state index contributed by atoms with van der Waals surface area (Å²) in [6, 6.07) is 17.2. The fourth-order valence-electron chi connectivity index (χ4n) is 3.27. The predicted octanol–water partition coefficient (Wildman–Crippen LogP) is 2.30. The number of benzene rings is 2. The highest BCUT2D eigenvalue weighted by molar-refractivity contribution is 9.10. The first kappa shape index (κ1) is 17.9. The summed E-state index contributed by atoms with van der Waals surface area (Å²) in [5, 5.41) is 0. The van der Waals surface area contributed by atoms with Crippen molar-refractivity contribution >= 4 is 31.9 Å². The molecule has 0 saturated carbocycles. The summed E-state index contributed by atoms with van der Waals surface area (Å²) in [7, 11) is 0. The molecule has 2 nitrogen and oxygen atoms in total. The quantitative estimate of drug-likeness (QED) is 0.466. The van der Waals surface area contributed by atoms with Gasteiger partial charge < -0.3 is 17.0 Å². The van der Waals surface area contributed by atoms with Gasteiger partial charge in [-0.1, -0.05) is 31.9 Å². The largest absolute Gasteiger partial charge is 1.00 e. The lowest BCUT2D eigenvalue weighted by Crippen LogP contribution is -3.00. The van der Waals surface area contributed by atoms with Crippen LogP contribution in [0.5, 0.6) is 0 Å². The number of halogens is 3. The summed E-state index contributed by atoms with van der Waals surface area (Å²) >= 11 is 7.05. The molecule has 5 heteroatoms. The molecule has 0 bridgehead atoms. The second-order valence-electron chi connectivity index (χ2n) is 5.89. The number of nitrogens with zero attached hydrogens (tertiary/aromatic N) is 2. The molecule has 0 amide bonds. The molecule has 1 aliphatic rings. The van der Waals surface area contributed by atoms with Crippen LogP contribution in [0.2, 0.25) is 0 Å². The maximum absolute atomic E-state index is 3.53. The van der Waals surface area contributed by atoms with Crippen molar-refractivity contribution in [2.45, 2.75) is 25.8 Å². The molecule has 0 N–H and O–H groups in total. The molecule has 0 radical (unpaired) electrons. The lowest BCUT2D eigenvalue weighted by molar-refractivity contribution is -0.698. The maximum Gasteiger partial charge on any atom is 0.262 e. The lowest BCUT2D eigenvalue weighted by atomic mass is 10.1. The minimum absolute atomic E-state index is 0. The van der Waals surface area contributed by atoms with Crippen LogP contribution in [0.3, 0.4) is 0 Å². The van der Waals surface area contributed by atoms with Crippen molar-refractivity contribution in [2.75, 3.05) is 0 Å². The smallest absolute Gasteiger partial charge is 0.262 e. The molecule has 4 rings (SSSR count). The van der Waals surface area contributed by atoms with Crippen molar-refractivity contribution in [2.24, 2.45) is 0 Å². The van der Waals surface area contributed by atoms with Crippen molar-refractivity contribution in [3.05, 3.63) is 69.5 Å². The first-order valence-corrected chi connectivity index (χ1v) is 9.47. The van der Waals surface area contributed by atoms with Gasteiger partial charge in [-0.15, -0.1) is 0 Å². The number of rotatable bonds is 2. The van der Waals surface area contributed by atoms with Crippen molar-refractivity contribution in [3.8, 4) is 16.9 Å². The molecular weight excluding hydrogens is 496 g/mol. The van der Waals surface area contributed by atoms with Gasteiger partial charge in [0.15, 0.2) is 5.69 Å². The van der Waals surface area contributed by atoms with E-state index in [1.54, 1.807) is 0 Å². The highest BCUT2D eigenvalue weighted by atomic mass is 79.9. The van der Waals surface area contributed by atoms with Gasteiger partial charge in [0.25, 0.3) is 5.82 Å². The zero-order valence-electron chi connectivity index (χ0n) is 13.1. The average molecular weight is 513 g/mol. The van der Waals surface area contributed by atoms with Gasteiger partial charge in [-0.05, 0) is 61.4 Å². The van der Waals surface area contributed by atoms with E-state index in [0.29, 0.717) is 0 Å². The average Bonchev–Trinajstić information content (AvgIpc) is 2.96. The van der Waals surface area contributed by atoms with Gasteiger partial charge in [-0.2, -0.15) is 4.57 Å². The number of imidazole rings is 1. The monoisotopic (exact) mass is 510 g/mol. The van der Waals surface area contributed by atoms with Crippen LogP contribution in [0.4, 0.5) is 0 Å². The molecule has 24 heavy (non-hydrogen) atoms. The topological polar surface area (TPSA) is 8.81 Å². The van der Waals surface area contributed by atoms with Crippen LogP contribution in [-0.4, -0.2) is 4.57 Å². The van der Waals surface area contributed by atoms with Crippen LogP contribution in [-0.2, 0) is 13.0 Å². The minimum Gasteiger partial charge on any atom is -1.00 e. The number of hydrogen-bond donors (Lipinski definition) is 0. The molecule has 2 aromatic carbocycles. The van der Waals surface area contributed by atoms with Crippen LogP contribution in [0.15, 0.2) is 63.7 Å². The lowest BCUT2D eigenvalue weighted by Gasteiger charge is -2.11. The van der Waals surface area contributed by atoms with E-state index in [-0.39, 0.29) is 17.0 Å².